The molecule has 0 bridgehead atoms. The molecule has 0 atom stereocenters. The van der Waals surface area contributed by atoms with Gasteiger partial charge in [-0.15, -0.1) is 0 Å². The van der Waals surface area contributed by atoms with Crippen LogP contribution in [0.5, 0.6) is 0 Å². The summed E-state index contributed by atoms with van der Waals surface area (Å²) in [5, 5.41) is 4.16. The second-order valence-corrected chi connectivity index (χ2v) is 4.35. The van der Waals surface area contributed by atoms with Crippen LogP contribution >= 0.6 is 0 Å². The number of carbonyl (C=O) groups excluding carboxylic acids is 1. The average Bonchev–Trinajstić information content (AvgIpc) is 3.03. The zero-order valence-corrected chi connectivity index (χ0v) is 10.5. The van der Waals surface area contributed by atoms with Crippen molar-refractivity contribution in [1.82, 2.24) is 19.7 Å². The summed E-state index contributed by atoms with van der Waals surface area (Å²) >= 11 is 0. The van der Waals surface area contributed by atoms with E-state index >= 15 is 0 Å². The molecule has 19 heavy (non-hydrogen) atoms. The van der Waals surface area contributed by atoms with E-state index in [2.05, 4.69) is 19.8 Å². The molecule has 2 heterocycles. The molecule has 0 saturated heterocycles. The van der Waals surface area contributed by atoms with E-state index in [1.54, 1.807) is 6.20 Å². The molecule has 2 aromatic heterocycles. The minimum atomic E-state index is -0.554. The lowest BCUT2D eigenvalue weighted by Gasteiger charge is -2.05. The summed E-state index contributed by atoms with van der Waals surface area (Å²) < 4.78 is 6.15. The van der Waals surface area contributed by atoms with Gasteiger partial charge < -0.3 is 10.5 Å². The normalized spacial score (nSPS) is 13.3. The van der Waals surface area contributed by atoms with Crippen LogP contribution in [0.25, 0.3) is 5.82 Å². The van der Waals surface area contributed by atoms with E-state index in [0.29, 0.717) is 5.82 Å². The number of hydrogen-bond donors (Lipinski definition) is 1. The number of anilines is 1. The third-order valence-corrected chi connectivity index (χ3v) is 3.19. The highest BCUT2D eigenvalue weighted by atomic mass is 16.5. The summed E-state index contributed by atoms with van der Waals surface area (Å²) in [6, 6.07) is 0. The van der Waals surface area contributed by atoms with Crippen molar-refractivity contribution in [1.29, 1.82) is 0 Å². The molecule has 0 spiro atoms. The van der Waals surface area contributed by atoms with Gasteiger partial charge >= 0.3 is 5.97 Å². The number of aryl methyl sites for hydroxylation is 1. The second-order valence-electron chi connectivity index (χ2n) is 4.35. The van der Waals surface area contributed by atoms with Gasteiger partial charge in [-0.25, -0.2) is 19.4 Å². The molecular formula is C12H13N5O2. The zero-order chi connectivity index (χ0) is 13.4. The predicted octanol–water partition coefficient (Wildman–Crippen LogP) is 0.520. The Labute approximate surface area is 109 Å². The fraction of sp³-hybridized carbons (Fsp3) is 0.333. The average molecular weight is 259 g/mol. The lowest BCUT2D eigenvalue weighted by Crippen LogP contribution is -2.08. The molecule has 0 saturated carbocycles. The minimum absolute atomic E-state index is 0.104. The number of carbonyl (C=O) groups is 1. The van der Waals surface area contributed by atoms with Crippen LogP contribution in [-0.4, -0.2) is 32.8 Å². The lowest BCUT2D eigenvalue weighted by atomic mass is 10.2. The maximum Gasteiger partial charge on any atom is 0.360 e. The van der Waals surface area contributed by atoms with Crippen LogP contribution in [0.3, 0.4) is 0 Å². The Morgan fingerprint density at radius 2 is 2.26 bits per heavy atom. The molecule has 0 unspecified atom stereocenters. The van der Waals surface area contributed by atoms with Gasteiger partial charge in [-0.3, -0.25) is 0 Å². The topological polar surface area (TPSA) is 95.9 Å². The monoisotopic (exact) mass is 259 g/mol. The standard InChI is InChI=1S/C12H13N5O2/c1-19-12(18)10-8(13)5-17(16-10)11-7-3-2-4-9(7)14-6-15-11/h5-6H,2-4,13H2,1H3. The number of aromatic nitrogens is 4. The van der Waals surface area contributed by atoms with Crippen LogP contribution < -0.4 is 5.73 Å². The van der Waals surface area contributed by atoms with Crippen LogP contribution in [0, 0.1) is 0 Å². The molecule has 7 heteroatoms. The Morgan fingerprint density at radius 3 is 3.05 bits per heavy atom. The molecule has 1 aliphatic carbocycles. The second kappa shape index (κ2) is 4.34. The van der Waals surface area contributed by atoms with Gasteiger partial charge in [0, 0.05) is 11.3 Å². The first-order valence-corrected chi connectivity index (χ1v) is 5.97. The number of nitrogens with two attached hydrogens (primary N) is 1. The number of fused-ring (bicyclic) bond motifs is 1. The smallest absolute Gasteiger partial charge is 0.360 e. The van der Waals surface area contributed by atoms with Crippen molar-refractivity contribution in [2.24, 2.45) is 0 Å². The van der Waals surface area contributed by atoms with Gasteiger partial charge in [-0.1, -0.05) is 0 Å². The van der Waals surface area contributed by atoms with Crippen molar-refractivity contribution in [3.8, 4) is 5.82 Å². The largest absolute Gasteiger partial charge is 0.464 e. The van der Waals surface area contributed by atoms with Gasteiger partial charge in [0.25, 0.3) is 0 Å². The molecule has 3 rings (SSSR count). The lowest BCUT2D eigenvalue weighted by molar-refractivity contribution is 0.0594. The minimum Gasteiger partial charge on any atom is -0.464 e. The van der Waals surface area contributed by atoms with Crippen LogP contribution in [0.4, 0.5) is 5.69 Å². The maximum atomic E-state index is 11.5. The predicted molar refractivity (Wildman–Crippen MR) is 66.9 cm³/mol. The van der Waals surface area contributed by atoms with Crippen LogP contribution in [-0.2, 0) is 17.6 Å². The molecule has 7 nitrogen and oxygen atoms in total. The van der Waals surface area contributed by atoms with E-state index in [0.717, 1.165) is 30.5 Å². The number of esters is 1. The van der Waals surface area contributed by atoms with E-state index in [9.17, 15) is 4.79 Å². The van der Waals surface area contributed by atoms with Gasteiger partial charge in [-0.2, -0.15) is 5.10 Å². The molecule has 0 radical (unpaired) electrons. The summed E-state index contributed by atoms with van der Waals surface area (Å²) in [5.41, 5.74) is 8.26. The van der Waals surface area contributed by atoms with Crippen LogP contribution in [0.1, 0.15) is 28.2 Å². The highest BCUT2D eigenvalue weighted by molar-refractivity contribution is 5.92. The molecule has 0 amide bonds. The first-order chi connectivity index (χ1) is 9.20. The molecule has 2 aromatic rings. The van der Waals surface area contributed by atoms with Crippen molar-refractivity contribution >= 4 is 11.7 Å². The van der Waals surface area contributed by atoms with Crippen molar-refractivity contribution in [3.05, 3.63) is 29.5 Å². The molecule has 0 aromatic carbocycles. The van der Waals surface area contributed by atoms with Crippen LogP contribution in [0.15, 0.2) is 12.5 Å². The highest BCUT2D eigenvalue weighted by Crippen LogP contribution is 2.25. The SMILES string of the molecule is COC(=O)c1nn(-c2ncnc3c2CCC3)cc1N. The number of methoxy groups -OCH3 is 1. The van der Waals surface area contributed by atoms with Gasteiger partial charge in [0.2, 0.25) is 0 Å². The molecule has 98 valence electrons. The molecule has 0 aliphatic heterocycles. The Bertz CT molecular complexity index is 650. The van der Waals surface area contributed by atoms with E-state index in [1.807, 2.05) is 0 Å². The molecule has 1 aliphatic rings. The number of hydrogen-bond acceptors (Lipinski definition) is 6. The fourth-order valence-corrected chi connectivity index (χ4v) is 2.29. The molecular weight excluding hydrogens is 246 g/mol. The van der Waals surface area contributed by atoms with Crippen molar-refractivity contribution in [3.63, 3.8) is 0 Å². The number of ether oxygens (including phenoxy) is 1. The molecule has 0 fully saturated rings. The van der Waals surface area contributed by atoms with Gasteiger partial charge in [0.15, 0.2) is 11.5 Å². The quantitative estimate of drug-likeness (QED) is 0.790. The third kappa shape index (κ3) is 1.83. The number of rotatable bonds is 2. The summed E-state index contributed by atoms with van der Waals surface area (Å²) in [6.07, 6.45) is 6.01. The summed E-state index contributed by atoms with van der Waals surface area (Å²) in [4.78, 5) is 20.0. The summed E-state index contributed by atoms with van der Waals surface area (Å²) in [7, 11) is 1.29. The fourth-order valence-electron chi connectivity index (χ4n) is 2.29. The van der Waals surface area contributed by atoms with E-state index in [1.165, 1.54) is 18.1 Å². The van der Waals surface area contributed by atoms with Crippen LogP contribution in [0.2, 0.25) is 0 Å². The van der Waals surface area contributed by atoms with E-state index < -0.39 is 5.97 Å². The third-order valence-electron chi connectivity index (χ3n) is 3.19. The molecule has 2 N–H and O–H groups in total. The Kier molecular flexibility index (Phi) is 2.66. The number of nitrogens with zero attached hydrogens (tertiary/aromatic N) is 4. The van der Waals surface area contributed by atoms with Crippen molar-refractivity contribution in [2.45, 2.75) is 19.3 Å². The van der Waals surface area contributed by atoms with E-state index in [4.69, 9.17) is 5.73 Å². The van der Waals surface area contributed by atoms with Gasteiger partial charge in [-0.05, 0) is 19.3 Å². The van der Waals surface area contributed by atoms with Gasteiger partial charge in [0.05, 0.1) is 19.0 Å². The Hall–Kier alpha value is -2.44. The van der Waals surface area contributed by atoms with E-state index in [-0.39, 0.29) is 11.4 Å². The first-order valence-electron chi connectivity index (χ1n) is 5.97. The summed E-state index contributed by atoms with van der Waals surface area (Å²) in [6.45, 7) is 0. The summed E-state index contributed by atoms with van der Waals surface area (Å²) in [5.74, 6) is 0.131. The zero-order valence-electron chi connectivity index (χ0n) is 10.5. The Balaban J connectivity index is 2.09. The maximum absolute atomic E-state index is 11.5. The number of nitrogen functional groups attached to an aromatic ring is 1. The van der Waals surface area contributed by atoms with Gasteiger partial charge in [0.1, 0.15) is 6.33 Å². The highest BCUT2D eigenvalue weighted by Gasteiger charge is 2.21. The Morgan fingerprint density at radius 1 is 1.42 bits per heavy atom. The van der Waals surface area contributed by atoms with Crippen molar-refractivity contribution < 1.29 is 9.53 Å². The first kappa shape index (κ1) is 11.6. The van der Waals surface area contributed by atoms with Crippen molar-refractivity contribution in [2.75, 3.05) is 12.8 Å².